The summed E-state index contributed by atoms with van der Waals surface area (Å²) in [5.74, 6) is -0.236. The molecule has 0 radical (unpaired) electrons. The number of amides is 1. The molecule has 0 saturated carbocycles. The Hall–Kier alpha value is -3.01. The van der Waals surface area contributed by atoms with Gasteiger partial charge in [-0.05, 0) is 39.2 Å². The second-order valence-electron chi connectivity index (χ2n) is 8.02. The SMILES string of the molecule is COCC(C)NC(=O)c1c[nH]c2ncc(-c3nn(CCN(C)C)c4cc(Cl)ccc34)nc12. The first-order chi connectivity index (χ1) is 15.4. The molecular formula is C22H26ClN7O2. The van der Waals surface area contributed by atoms with E-state index in [1.807, 2.05) is 43.9 Å². The number of benzene rings is 1. The molecule has 1 amide bonds. The van der Waals surface area contributed by atoms with Crippen molar-refractivity contribution in [1.29, 1.82) is 0 Å². The molecule has 3 heterocycles. The number of rotatable bonds is 8. The molecule has 0 fully saturated rings. The van der Waals surface area contributed by atoms with Crippen LogP contribution in [0.2, 0.25) is 5.02 Å². The fraction of sp³-hybridized carbons (Fsp3) is 0.364. The van der Waals surface area contributed by atoms with Gasteiger partial charge in [-0.3, -0.25) is 9.48 Å². The van der Waals surface area contributed by atoms with E-state index < -0.39 is 0 Å². The molecule has 9 nitrogen and oxygen atoms in total. The number of hydrogen-bond donors (Lipinski definition) is 2. The third-order valence-corrected chi connectivity index (χ3v) is 5.37. The molecule has 0 aliphatic heterocycles. The van der Waals surface area contributed by atoms with Crippen molar-refractivity contribution in [2.24, 2.45) is 0 Å². The number of carbonyl (C=O) groups is 1. The maximum Gasteiger partial charge on any atom is 0.255 e. The van der Waals surface area contributed by atoms with Gasteiger partial charge in [0, 0.05) is 36.3 Å². The topological polar surface area (TPSA) is 101 Å². The van der Waals surface area contributed by atoms with Crippen LogP contribution >= 0.6 is 11.6 Å². The van der Waals surface area contributed by atoms with E-state index in [2.05, 4.69) is 20.2 Å². The zero-order valence-electron chi connectivity index (χ0n) is 18.5. The van der Waals surface area contributed by atoms with Gasteiger partial charge in [0.1, 0.15) is 16.9 Å². The van der Waals surface area contributed by atoms with E-state index in [1.54, 1.807) is 19.5 Å². The number of aromatic amines is 1. The summed E-state index contributed by atoms with van der Waals surface area (Å²) in [6.45, 7) is 3.83. The Bertz CT molecular complexity index is 1260. The smallest absolute Gasteiger partial charge is 0.255 e. The highest BCUT2D eigenvalue weighted by Crippen LogP contribution is 2.30. The van der Waals surface area contributed by atoms with E-state index in [9.17, 15) is 4.79 Å². The molecule has 168 valence electrons. The van der Waals surface area contributed by atoms with Gasteiger partial charge in [-0.25, -0.2) is 9.97 Å². The van der Waals surface area contributed by atoms with Crippen molar-refractivity contribution < 1.29 is 9.53 Å². The van der Waals surface area contributed by atoms with Gasteiger partial charge in [0.05, 0.1) is 30.4 Å². The van der Waals surface area contributed by atoms with Crippen LogP contribution < -0.4 is 5.32 Å². The number of aromatic nitrogens is 5. The largest absolute Gasteiger partial charge is 0.383 e. The van der Waals surface area contributed by atoms with Gasteiger partial charge in [-0.2, -0.15) is 5.10 Å². The van der Waals surface area contributed by atoms with E-state index >= 15 is 0 Å². The quantitative estimate of drug-likeness (QED) is 0.423. The Morgan fingerprint density at radius 3 is 2.94 bits per heavy atom. The molecule has 4 aromatic rings. The van der Waals surface area contributed by atoms with Crippen molar-refractivity contribution in [3.63, 3.8) is 0 Å². The molecule has 0 saturated heterocycles. The number of carbonyl (C=O) groups excluding carboxylic acids is 1. The molecule has 0 aliphatic rings. The monoisotopic (exact) mass is 455 g/mol. The first-order valence-electron chi connectivity index (χ1n) is 10.3. The number of H-pyrrole nitrogens is 1. The maximum atomic E-state index is 12.8. The summed E-state index contributed by atoms with van der Waals surface area (Å²) in [6, 6.07) is 5.55. The van der Waals surface area contributed by atoms with Gasteiger partial charge < -0.3 is 19.9 Å². The van der Waals surface area contributed by atoms with E-state index in [0.29, 0.717) is 46.3 Å². The molecule has 0 bridgehead atoms. The summed E-state index contributed by atoms with van der Waals surface area (Å²) in [6.07, 6.45) is 3.29. The van der Waals surface area contributed by atoms with E-state index in [4.69, 9.17) is 26.4 Å². The summed E-state index contributed by atoms with van der Waals surface area (Å²) < 4.78 is 7.03. The number of halogens is 1. The molecule has 1 aromatic carbocycles. The fourth-order valence-corrected chi connectivity index (χ4v) is 3.74. The van der Waals surface area contributed by atoms with Crippen molar-refractivity contribution in [3.8, 4) is 11.4 Å². The van der Waals surface area contributed by atoms with Gasteiger partial charge >= 0.3 is 0 Å². The van der Waals surface area contributed by atoms with Gasteiger partial charge in [-0.15, -0.1) is 0 Å². The zero-order valence-corrected chi connectivity index (χ0v) is 19.3. The maximum absolute atomic E-state index is 12.8. The highest BCUT2D eigenvalue weighted by atomic mass is 35.5. The zero-order chi connectivity index (χ0) is 22.8. The van der Waals surface area contributed by atoms with Crippen LogP contribution in [-0.4, -0.2) is 75.9 Å². The Morgan fingerprint density at radius 2 is 2.19 bits per heavy atom. The van der Waals surface area contributed by atoms with Crippen molar-refractivity contribution in [1.82, 2.24) is 34.9 Å². The summed E-state index contributed by atoms with van der Waals surface area (Å²) >= 11 is 6.25. The van der Waals surface area contributed by atoms with Crippen LogP contribution in [0.25, 0.3) is 33.5 Å². The summed E-state index contributed by atoms with van der Waals surface area (Å²) in [5, 5.41) is 9.30. The minimum Gasteiger partial charge on any atom is -0.383 e. The lowest BCUT2D eigenvalue weighted by Crippen LogP contribution is -2.35. The van der Waals surface area contributed by atoms with Crippen molar-refractivity contribution in [2.45, 2.75) is 19.5 Å². The van der Waals surface area contributed by atoms with Gasteiger partial charge in [0.2, 0.25) is 0 Å². The Labute approximate surface area is 190 Å². The Kier molecular flexibility index (Phi) is 6.40. The molecule has 2 N–H and O–H groups in total. The number of nitrogens with zero attached hydrogens (tertiary/aromatic N) is 5. The van der Waals surface area contributed by atoms with Crippen LogP contribution in [0.15, 0.2) is 30.6 Å². The van der Waals surface area contributed by atoms with Crippen LogP contribution in [0.1, 0.15) is 17.3 Å². The first kappa shape index (κ1) is 22.2. The van der Waals surface area contributed by atoms with Crippen molar-refractivity contribution >= 4 is 39.6 Å². The first-order valence-corrected chi connectivity index (χ1v) is 10.7. The molecule has 0 spiro atoms. The van der Waals surface area contributed by atoms with Crippen LogP contribution in [-0.2, 0) is 11.3 Å². The van der Waals surface area contributed by atoms with Crippen molar-refractivity contribution in [3.05, 3.63) is 41.2 Å². The number of hydrogen-bond acceptors (Lipinski definition) is 6. The summed E-state index contributed by atoms with van der Waals surface area (Å²) in [7, 11) is 5.64. The predicted octanol–water partition coefficient (Wildman–Crippen LogP) is 2.95. The van der Waals surface area contributed by atoms with Crippen LogP contribution in [0, 0.1) is 0 Å². The number of likely N-dealkylation sites (N-methyl/N-ethyl adjacent to an activating group) is 1. The van der Waals surface area contributed by atoms with Gasteiger partial charge in [0.25, 0.3) is 5.91 Å². The standard InChI is InChI=1S/C22H26ClN7O2/c1-13(12-32-4)26-22(31)16-10-24-21-20(16)27-17(11-25-21)19-15-6-5-14(23)9-18(15)30(28-19)8-7-29(2)3/h5-6,9-11,13H,7-8,12H2,1-4H3,(H,24,25)(H,26,31). The summed E-state index contributed by atoms with van der Waals surface area (Å²) in [4.78, 5) is 27.1. The average Bonchev–Trinajstić information content (AvgIpc) is 3.33. The lowest BCUT2D eigenvalue weighted by atomic mass is 10.1. The van der Waals surface area contributed by atoms with Crippen LogP contribution in [0.5, 0.6) is 0 Å². The molecule has 1 atom stereocenters. The third-order valence-electron chi connectivity index (χ3n) is 5.13. The van der Waals surface area contributed by atoms with E-state index in [0.717, 1.165) is 17.4 Å². The lowest BCUT2D eigenvalue weighted by Gasteiger charge is -2.11. The molecule has 1 unspecified atom stereocenters. The predicted molar refractivity (Wildman–Crippen MR) is 125 cm³/mol. The molecule has 3 aromatic heterocycles. The second kappa shape index (κ2) is 9.23. The van der Waals surface area contributed by atoms with E-state index in [1.165, 1.54) is 0 Å². The molecule has 0 aliphatic carbocycles. The summed E-state index contributed by atoms with van der Waals surface area (Å²) in [5.41, 5.74) is 3.68. The van der Waals surface area contributed by atoms with E-state index in [-0.39, 0.29) is 11.9 Å². The fourth-order valence-electron chi connectivity index (χ4n) is 3.57. The average molecular weight is 456 g/mol. The number of fused-ring (bicyclic) bond motifs is 2. The van der Waals surface area contributed by atoms with Crippen LogP contribution in [0.3, 0.4) is 0 Å². The van der Waals surface area contributed by atoms with Crippen LogP contribution in [0.4, 0.5) is 0 Å². The number of ether oxygens (including phenoxy) is 1. The Morgan fingerprint density at radius 1 is 1.38 bits per heavy atom. The highest BCUT2D eigenvalue weighted by Gasteiger charge is 2.19. The molecule has 4 rings (SSSR count). The lowest BCUT2D eigenvalue weighted by molar-refractivity contribution is 0.0907. The van der Waals surface area contributed by atoms with Gasteiger partial charge in [0.15, 0.2) is 5.65 Å². The minimum absolute atomic E-state index is 0.130. The highest BCUT2D eigenvalue weighted by molar-refractivity contribution is 6.31. The Balaban J connectivity index is 1.76. The van der Waals surface area contributed by atoms with Crippen molar-refractivity contribution in [2.75, 3.05) is 34.4 Å². The molecule has 10 heteroatoms. The normalized spacial score (nSPS) is 12.7. The molecule has 32 heavy (non-hydrogen) atoms. The third kappa shape index (κ3) is 4.45. The number of nitrogens with one attached hydrogen (secondary N) is 2. The van der Waals surface area contributed by atoms with Gasteiger partial charge in [-0.1, -0.05) is 11.6 Å². The second-order valence-corrected chi connectivity index (χ2v) is 8.46. The molecular weight excluding hydrogens is 430 g/mol. The minimum atomic E-state index is -0.236. The number of methoxy groups -OCH3 is 1.